The van der Waals surface area contributed by atoms with Crippen LogP contribution in [0.5, 0.6) is 0 Å². The zero-order chi connectivity index (χ0) is 16.4. The zero-order valence-corrected chi connectivity index (χ0v) is 12.9. The molecule has 0 aliphatic rings. The van der Waals surface area contributed by atoms with Gasteiger partial charge >= 0.3 is 0 Å². The standard InChI is InChI=1S/C17H22N4O/c1-3-9-11(5-7-13(18)15(9)20)17(22)12-6-8-14(19)16(21)10(12)4-2/h5-8H,3-4,18-21H2,1-2H3. The van der Waals surface area contributed by atoms with Crippen LogP contribution in [-0.2, 0) is 12.8 Å². The lowest BCUT2D eigenvalue weighted by Gasteiger charge is -2.15. The third-order valence-electron chi connectivity index (χ3n) is 3.98. The average molecular weight is 298 g/mol. The molecule has 0 aromatic heterocycles. The molecule has 0 unspecified atom stereocenters. The molecule has 0 atom stereocenters. The van der Waals surface area contributed by atoms with Gasteiger partial charge in [0.2, 0.25) is 0 Å². The summed E-state index contributed by atoms with van der Waals surface area (Å²) in [5.74, 6) is -0.105. The van der Waals surface area contributed by atoms with Gasteiger partial charge in [0.1, 0.15) is 0 Å². The highest BCUT2D eigenvalue weighted by Gasteiger charge is 2.20. The van der Waals surface area contributed by atoms with Gasteiger partial charge in [-0.25, -0.2) is 0 Å². The maximum Gasteiger partial charge on any atom is 0.193 e. The molecule has 5 nitrogen and oxygen atoms in total. The van der Waals surface area contributed by atoms with Crippen LogP contribution < -0.4 is 22.9 Å². The molecule has 0 spiro atoms. The number of nitrogen functional groups attached to an aromatic ring is 4. The predicted octanol–water partition coefficient (Wildman–Crippen LogP) is 2.37. The first kappa shape index (κ1) is 15.7. The highest BCUT2D eigenvalue weighted by Crippen LogP contribution is 2.30. The Morgan fingerprint density at radius 3 is 1.45 bits per heavy atom. The van der Waals surface area contributed by atoms with Crippen LogP contribution in [0.15, 0.2) is 24.3 Å². The molecule has 5 heteroatoms. The second kappa shape index (κ2) is 5.97. The van der Waals surface area contributed by atoms with E-state index >= 15 is 0 Å². The van der Waals surface area contributed by atoms with E-state index in [0.29, 0.717) is 46.7 Å². The number of hydrogen-bond acceptors (Lipinski definition) is 5. The average Bonchev–Trinajstić information content (AvgIpc) is 2.51. The summed E-state index contributed by atoms with van der Waals surface area (Å²) in [5, 5.41) is 0. The number of rotatable bonds is 4. The first-order valence-corrected chi connectivity index (χ1v) is 7.30. The lowest BCUT2D eigenvalue weighted by Crippen LogP contribution is -2.13. The van der Waals surface area contributed by atoms with Crippen molar-refractivity contribution in [3.8, 4) is 0 Å². The Kier molecular flexibility index (Phi) is 4.26. The molecule has 0 amide bonds. The minimum absolute atomic E-state index is 0.105. The molecule has 2 aromatic carbocycles. The van der Waals surface area contributed by atoms with Gasteiger partial charge in [-0.05, 0) is 48.2 Å². The second-order valence-corrected chi connectivity index (χ2v) is 5.23. The summed E-state index contributed by atoms with van der Waals surface area (Å²) in [4.78, 5) is 12.9. The molecule has 22 heavy (non-hydrogen) atoms. The lowest BCUT2D eigenvalue weighted by atomic mass is 9.91. The first-order chi connectivity index (χ1) is 10.4. The summed E-state index contributed by atoms with van der Waals surface area (Å²) in [7, 11) is 0. The lowest BCUT2D eigenvalue weighted by molar-refractivity contribution is 0.103. The molecule has 2 aromatic rings. The number of benzene rings is 2. The van der Waals surface area contributed by atoms with Crippen molar-refractivity contribution in [2.45, 2.75) is 26.7 Å². The van der Waals surface area contributed by atoms with Gasteiger partial charge in [0.15, 0.2) is 5.78 Å². The fourth-order valence-corrected chi connectivity index (χ4v) is 2.70. The summed E-state index contributed by atoms with van der Waals surface area (Å²) < 4.78 is 0. The van der Waals surface area contributed by atoms with Crippen LogP contribution >= 0.6 is 0 Å². The van der Waals surface area contributed by atoms with Gasteiger partial charge in [-0.1, -0.05) is 13.8 Å². The topological polar surface area (TPSA) is 121 Å². The molecule has 0 saturated heterocycles. The van der Waals surface area contributed by atoms with Crippen LogP contribution in [-0.4, -0.2) is 5.78 Å². The van der Waals surface area contributed by atoms with Crippen molar-refractivity contribution in [1.82, 2.24) is 0 Å². The van der Waals surface area contributed by atoms with Gasteiger partial charge in [0.25, 0.3) is 0 Å². The SMILES string of the molecule is CCc1c(C(=O)c2ccc(N)c(N)c2CC)ccc(N)c1N. The Bertz CT molecular complexity index is 676. The van der Waals surface area contributed by atoms with Crippen molar-refractivity contribution in [3.63, 3.8) is 0 Å². The Labute approximate surface area is 130 Å². The van der Waals surface area contributed by atoms with Gasteiger partial charge < -0.3 is 22.9 Å². The summed E-state index contributed by atoms with van der Waals surface area (Å²) in [6.45, 7) is 3.89. The van der Waals surface area contributed by atoms with Gasteiger partial charge in [0, 0.05) is 11.1 Å². The van der Waals surface area contributed by atoms with Crippen LogP contribution in [0.4, 0.5) is 22.7 Å². The van der Waals surface area contributed by atoms with Crippen LogP contribution in [0.25, 0.3) is 0 Å². The van der Waals surface area contributed by atoms with E-state index in [9.17, 15) is 4.79 Å². The Morgan fingerprint density at radius 2 is 1.14 bits per heavy atom. The maximum atomic E-state index is 12.9. The fourth-order valence-electron chi connectivity index (χ4n) is 2.70. The van der Waals surface area contributed by atoms with Gasteiger partial charge in [0.05, 0.1) is 22.7 Å². The molecule has 0 aliphatic carbocycles. The second-order valence-electron chi connectivity index (χ2n) is 5.23. The highest BCUT2D eigenvalue weighted by molar-refractivity contribution is 6.13. The third kappa shape index (κ3) is 2.45. The molecule has 0 fully saturated rings. The molecule has 8 N–H and O–H groups in total. The number of hydrogen-bond donors (Lipinski definition) is 4. The van der Waals surface area contributed by atoms with Crippen molar-refractivity contribution in [2.75, 3.05) is 22.9 Å². The van der Waals surface area contributed by atoms with Crippen LogP contribution in [0.2, 0.25) is 0 Å². The monoisotopic (exact) mass is 298 g/mol. The molecule has 0 heterocycles. The van der Waals surface area contributed by atoms with Crippen molar-refractivity contribution < 1.29 is 4.79 Å². The summed E-state index contributed by atoms with van der Waals surface area (Å²) in [5.41, 5.74) is 28.3. The number of nitrogens with two attached hydrogens (primary N) is 4. The van der Waals surface area contributed by atoms with Crippen molar-refractivity contribution in [1.29, 1.82) is 0 Å². The van der Waals surface area contributed by atoms with E-state index in [2.05, 4.69) is 0 Å². The largest absolute Gasteiger partial charge is 0.397 e. The first-order valence-electron chi connectivity index (χ1n) is 7.30. The molecule has 0 aliphatic heterocycles. The number of carbonyl (C=O) groups is 1. The van der Waals surface area contributed by atoms with E-state index < -0.39 is 0 Å². The van der Waals surface area contributed by atoms with Crippen molar-refractivity contribution in [2.24, 2.45) is 0 Å². The summed E-state index contributed by atoms with van der Waals surface area (Å²) in [6.07, 6.45) is 1.26. The van der Waals surface area contributed by atoms with Crippen LogP contribution in [0, 0.1) is 0 Å². The molecule has 116 valence electrons. The normalized spacial score (nSPS) is 10.6. The summed E-state index contributed by atoms with van der Waals surface area (Å²) in [6, 6.07) is 6.76. The third-order valence-corrected chi connectivity index (χ3v) is 3.98. The van der Waals surface area contributed by atoms with E-state index in [1.807, 2.05) is 13.8 Å². The molecular weight excluding hydrogens is 276 g/mol. The minimum Gasteiger partial charge on any atom is -0.397 e. The fraction of sp³-hybridized carbons (Fsp3) is 0.235. The molecule has 0 bridgehead atoms. The number of carbonyl (C=O) groups excluding carboxylic acids is 1. The zero-order valence-electron chi connectivity index (χ0n) is 12.9. The number of ketones is 1. The van der Waals surface area contributed by atoms with Gasteiger partial charge in [-0.2, -0.15) is 0 Å². The van der Waals surface area contributed by atoms with Crippen molar-refractivity contribution >= 4 is 28.5 Å². The van der Waals surface area contributed by atoms with E-state index in [4.69, 9.17) is 22.9 Å². The van der Waals surface area contributed by atoms with Gasteiger partial charge in [-0.3, -0.25) is 4.79 Å². The molecule has 0 saturated carbocycles. The van der Waals surface area contributed by atoms with E-state index in [0.717, 1.165) is 11.1 Å². The van der Waals surface area contributed by atoms with E-state index in [1.54, 1.807) is 24.3 Å². The van der Waals surface area contributed by atoms with Crippen LogP contribution in [0.3, 0.4) is 0 Å². The minimum atomic E-state index is -0.105. The molecule has 2 rings (SSSR count). The molecular formula is C17H22N4O. The van der Waals surface area contributed by atoms with Crippen molar-refractivity contribution in [3.05, 3.63) is 46.5 Å². The molecule has 0 radical (unpaired) electrons. The van der Waals surface area contributed by atoms with E-state index in [1.165, 1.54) is 0 Å². The highest BCUT2D eigenvalue weighted by atomic mass is 16.1. The Balaban J connectivity index is 2.64. The van der Waals surface area contributed by atoms with Crippen LogP contribution in [0.1, 0.15) is 40.9 Å². The summed E-state index contributed by atoms with van der Waals surface area (Å²) >= 11 is 0. The predicted molar refractivity (Wildman–Crippen MR) is 92.7 cm³/mol. The van der Waals surface area contributed by atoms with E-state index in [-0.39, 0.29) is 5.78 Å². The quantitative estimate of drug-likeness (QED) is 0.510. The maximum absolute atomic E-state index is 12.9. The van der Waals surface area contributed by atoms with Gasteiger partial charge in [-0.15, -0.1) is 0 Å². The Morgan fingerprint density at radius 1 is 0.773 bits per heavy atom. The number of anilines is 4. The smallest absolute Gasteiger partial charge is 0.193 e. The Hall–Kier alpha value is -2.69.